The highest BCUT2D eigenvalue weighted by molar-refractivity contribution is 6.30. The van der Waals surface area contributed by atoms with Gasteiger partial charge in [0.2, 0.25) is 0 Å². The normalized spacial score (nSPS) is 10.7. The van der Waals surface area contributed by atoms with E-state index in [0.717, 1.165) is 5.56 Å². The molecule has 0 aliphatic heterocycles. The molecule has 0 atom stereocenters. The van der Waals surface area contributed by atoms with Crippen molar-refractivity contribution in [2.45, 2.75) is 26.3 Å². The van der Waals surface area contributed by atoms with Crippen LogP contribution in [0.4, 0.5) is 5.69 Å². The molecule has 5 nitrogen and oxygen atoms in total. The average Bonchev–Trinajstić information content (AvgIpc) is 2.46. The first kappa shape index (κ1) is 15.3. The van der Waals surface area contributed by atoms with Crippen molar-refractivity contribution in [1.29, 1.82) is 0 Å². The van der Waals surface area contributed by atoms with E-state index in [1.807, 2.05) is 26.0 Å². The molecule has 0 unspecified atom stereocenters. The predicted molar refractivity (Wildman–Crippen MR) is 81.9 cm³/mol. The molecule has 0 aliphatic rings. The summed E-state index contributed by atoms with van der Waals surface area (Å²) in [4.78, 5) is 19.6. The number of anilines is 1. The van der Waals surface area contributed by atoms with Crippen LogP contribution >= 0.6 is 11.6 Å². The number of carbonyl (C=O) groups is 1. The van der Waals surface area contributed by atoms with E-state index in [1.165, 1.54) is 6.20 Å². The van der Waals surface area contributed by atoms with E-state index in [4.69, 9.17) is 11.6 Å². The molecule has 110 valence electrons. The van der Waals surface area contributed by atoms with Crippen LogP contribution in [0.3, 0.4) is 0 Å². The average molecular weight is 306 g/mol. The van der Waals surface area contributed by atoms with Gasteiger partial charge in [-0.3, -0.25) is 0 Å². The first-order valence-electron chi connectivity index (χ1n) is 6.56. The molecule has 0 saturated heterocycles. The molecule has 2 N–H and O–H groups in total. The van der Waals surface area contributed by atoms with Crippen molar-refractivity contribution in [2.24, 2.45) is 0 Å². The van der Waals surface area contributed by atoms with Gasteiger partial charge in [-0.15, -0.1) is 0 Å². The Balaban J connectivity index is 2.19. The number of nitrogens with one attached hydrogen (secondary N) is 1. The molecule has 1 aromatic heterocycles. The lowest BCUT2D eigenvalue weighted by Crippen LogP contribution is -2.12. The van der Waals surface area contributed by atoms with Gasteiger partial charge in [0.05, 0.1) is 11.9 Å². The molecular weight excluding hydrogens is 290 g/mol. The predicted octanol–water partition coefficient (Wildman–Crippen LogP) is 3.56. The molecule has 2 aromatic rings. The van der Waals surface area contributed by atoms with Crippen LogP contribution in [-0.4, -0.2) is 21.0 Å². The number of aromatic carboxylic acids is 1. The van der Waals surface area contributed by atoms with Crippen molar-refractivity contribution >= 4 is 23.3 Å². The number of hydrogen-bond donors (Lipinski definition) is 2. The van der Waals surface area contributed by atoms with Gasteiger partial charge < -0.3 is 10.4 Å². The summed E-state index contributed by atoms with van der Waals surface area (Å²) in [5.41, 5.74) is 1.38. The summed E-state index contributed by atoms with van der Waals surface area (Å²) in [6, 6.07) is 7.32. The van der Waals surface area contributed by atoms with Crippen molar-refractivity contribution in [3.05, 3.63) is 52.6 Å². The lowest BCUT2D eigenvalue weighted by atomic mass is 10.2. The zero-order valence-electron chi connectivity index (χ0n) is 11.8. The van der Waals surface area contributed by atoms with Gasteiger partial charge in [0.25, 0.3) is 0 Å². The fourth-order valence-corrected chi connectivity index (χ4v) is 1.89. The Bertz CT molecular complexity index is 642. The summed E-state index contributed by atoms with van der Waals surface area (Å²) in [5, 5.41) is 13.0. The van der Waals surface area contributed by atoms with Crippen molar-refractivity contribution in [1.82, 2.24) is 9.97 Å². The maximum Gasteiger partial charge on any atom is 0.356 e. The van der Waals surface area contributed by atoms with Gasteiger partial charge in [-0.2, -0.15) is 0 Å². The Morgan fingerprint density at radius 3 is 2.57 bits per heavy atom. The van der Waals surface area contributed by atoms with Gasteiger partial charge in [0, 0.05) is 17.5 Å². The Morgan fingerprint density at radius 2 is 2.00 bits per heavy atom. The number of benzene rings is 1. The second kappa shape index (κ2) is 6.54. The summed E-state index contributed by atoms with van der Waals surface area (Å²) in [7, 11) is 0. The van der Waals surface area contributed by atoms with E-state index in [-0.39, 0.29) is 11.6 Å². The summed E-state index contributed by atoms with van der Waals surface area (Å²) < 4.78 is 0. The molecule has 0 aliphatic carbocycles. The van der Waals surface area contributed by atoms with Crippen molar-refractivity contribution < 1.29 is 9.90 Å². The number of nitrogens with zero attached hydrogens (tertiary/aromatic N) is 2. The maximum absolute atomic E-state index is 11.3. The Labute approximate surface area is 128 Å². The maximum atomic E-state index is 11.3. The second-order valence-corrected chi connectivity index (χ2v) is 5.37. The van der Waals surface area contributed by atoms with Crippen LogP contribution in [0.15, 0.2) is 30.5 Å². The minimum atomic E-state index is -1.07. The first-order chi connectivity index (χ1) is 9.97. The molecule has 1 heterocycles. The van der Waals surface area contributed by atoms with Crippen molar-refractivity contribution in [3.8, 4) is 0 Å². The highest BCUT2D eigenvalue weighted by atomic mass is 35.5. The van der Waals surface area contributed by atoms with Gasteiger partial charge in [-0.05, 0) is 17.7 Å². The highest BCUT2D eigenvalue weighted by Crippen LogP contribution is 2.18. The molecule has 0 amide bonds. The van der Waals surface area contributed by atoms with E-state index in [2.05, 4.69) is 15.3 Å². The van der Waals surface area contributed by atoms with E-state index in [1.54, 1.807) is 12.1 Å². The van der Waals surface area contributed by atoms with Crippen LogP contribution in [0.25, 0.3) is 0 Å². The van der Waals surface area contributed by atoms with E-state index in [9.17, 15) is 9.90 Å². The lowest BCUT2D eigenvalue weighted by molar-refractivity contribution is 0.0691. The number of aromatic nitrogens is 2. The summed E-state index contributed by atoms with van der Waals surface area (Å²) in [5.74, 6) is -0.476. The first-order valence-corrected chi connectivity index (χ1v) is 6.93. The van der Waals surface area contributed by atoms with Gasteiger partial charge in [-0.25, -0.2) is 14.8 Å². The summed E-state index contributed by atoms with van der Waals surface area (Å²) in [6.07, 6.45) is 1.52. The Kier molecular flexibility index (Phi) is 4.75. The minimum Gasteiger partial charge on any atom is -0.476 e. The van der Waals surface area contributed by atoms with Gasteiger partial charge >= 0.3 is 5.97 Å². The van der Waals surface area contributed by atoms with Crippen LogP contribution in [-0.2, 0) is 6.54 Å². The van der Waals surface area contributed by atoms with Gasteiger partial charge in [0.1, 0.15) is 5.82 Å². The number of halogens is 1. The molecule has 2 rings (SSSR count). The molecule has 0 fully saturated rings. The molecular formula is C15H16ClN3O2. The molecule has 0 bridgehead atoms. The molecule has 0 saturated carbocycles. The van der Waals surface area contributed by atoms with Crippen molar-refractivity contribution in [3.63, 3.8) is 0 Å². The molecule has 21 heavy (non-hydrogen) atoms. The summed E-state index contributed by atoms with van der Waals surface area (Å²) in [6.45, 7) is 4.31. The van der Waals surface area contributed by atoms with E-state index in [0.29, 0.717) is 23.1 Å². The number of carboxylic acids is 1. The largest absolute Gasteiger partial charge is 0.476 e. The van der Waals surface area contributed by atoms with Crippen molar-refractivity contribution in [2.75, 3.05) is 5.32 Å². The third-order valence-electron chi connectivity index (χ3n) is 2.92. The number of hydrogen-bond acceptors (Lipinski definition) is 4. The molecule has 0 radical (unpaired) electrons. The topological polar surface area (TPSA) is 75.1 Å². The SMILES string of the molecule is CC(C)c1ncc(NCc2ccc(Cl)cc2)c(C(=O)O)n1. The zero-order chi connectivity index (χ0) is 15.4. The lowest BCUT2D eigenvalue weighted by Gasteiger charge is -2.11. The van der Waals surface area contributed by atoms with Crippen LogP contribution in [0.1, 0.15) is 41.6 Å². The smallest absolute Gasteiger partial charge is 0.356 e. The van der Waals surface area contributed by atoms with Crippen LogP contribution in [0.2, 0.25) is 5.02 Å². The minimum absolute atomic E-state index is 0.0114. The van der Waals surface area contributed by atoms with Crippen LogP contribution in [0, 0.1) is 0 Å². The highest BCUT2D eigenvalue weighted by Gasteiger charge is 2.15. The fraction of sp³-hybridized carbons (Fsp3) is 0.267. The molecule has 1 aromatic carbocycles. The van der Waals surface area contributed by atoms with Gasteiger partial charge in [-0.1, -0.05) is 37.6 Å². The monoisotopic (exact) mass is 305 g/mol. The Morgan fingerprint density at radius 1 is 1.33 bits per heavy atom. The number of rotatable bonds is 5. The van der Waals surface area contributed by atoms with Gasteiger partial charge in [0.15, 0.2) is 5.69 Å². The fourth-order valence-electron chi connectivity index (χ4n) is 1.77. The standard InChI is InChI=1S/C15H16ClN3O2/c1-9(2)14-18-8-12(13(19-14)15(20)21)17-7-10-3-5-11(16)6-4-10/h3-6,8-9,17H,7H2,1-2H3,(H,20,21). The Hall–Kier alpha value is -2.14. The zero-order valence-corrected chi connectivity index (χ0v) is 12.6. The van der Waals surface area contributed by atoms with E-state index < -0.39 is 5.97 Å². The third-order valence-corrected chi connectivity index (χ3v) is 3.17. The third kappa shape index (κ3) is 3.92. The van der Waals surface area contributed by atoms with Crippen LogP contribution < -0.4 is 5.32 Å². The summed E-state index contributed by atoms with van der Waals surface area (Å²) >= 11 is 5.82. The second-order valence-electron chi connectivity index (χ2n) is 4.93. The quantitative estimate of drug-likeness (QED) is 0.883. The van der Waals surface area contributed by atoms with E-state index >= 15 is 0 Å². The number of carboxylic acid groups (broad SMARTS) is 1. The van der Waals surface area contributed by atoms with Crippen LogP contribution in [0.5, 0.6) is 0 Å². The molecule has 0 spiro atoms. The molecule has 6 heteroatoms.